The fraction of sp³-hybridized carbons (Fsp3) is 0.235. The third-order valence-corrected chi connectivity index (χ3v) is 6.67. The Hall–Kier alpha value is -1.31. The van der Waals surface area contributed by atoms with Crippen LogP contribution in [0.25, 0.3) is 0 Å². The summed E-state index contributed by atoms with van der Waals surface area (Å²) < 4.78 is 26.1. The van der Waals surface area contributed by atoms with Gasteiger partial charge in [0.15, 0.2) is 0 Å². The first-order valence-corrected chi connectivity index (χ1v) is 10.1. The second-order valence-electron chi connectivity index (χ2n) is 5.68. The Morgan fingerprint density at radius 2 is 1.62 bits per heavy atom. The number of likely N-dealkylation sites (N-methyl/N-ethyl adjacent to an activating group) is 2. The number of rotatable bonds is 6. The number of benzene rings is 2. The van der Waals surface area contributed by atoms with Gasteiger partial charge in [-0.3, -0.25) is 4.79 Å². The maximum Gasteiger partial charge on any atom is 0.243 e. The summed E-state index contributed by atoms with van der Waals surface area (Å²) in [6.07, 6.45) is 0. The molecular weight excluding hydrogens is 419 g/mol. The summed E-state index contributed by atoms with van der Waals surface area (Å²) in [6.45, 7) is -0.0906. The minimum Gasteiger partial charge on any atom is -0.340 e. The highest BCUT2D eigenvalue weighted by atomic mass is 35.5. The van der Waals surface area contributed by atoms with Gasteiger partial charge in [0.1, 0.15) is 0 Å². The molecule has 0 saturated carbocycles. The molecule has 0 radical (unpaired) electrons. The van der Waals surface area contributed by atoms with Crippen molar-refractivity contribution in [3.63, 3.8) is 0 Å². The lowest BCUT2D eigenvalue weighted by Gasteiger charge is -2.22. The summed E-state index contributed by atoms with van der Waals surface area (Å²) in [4.78, 5) is 13.9. The maximum absolute atomic E-state index is 12.5. The molecular formula is C17H17Cl3N2O3S. The Morgan fingerprint density at radius 3 is 2.23 bits per heavy atom. The van der Waals surface area contributed by atoms with Crippen molar-refractivity contribution in [3.05, 3.63) is 63.1 Å². The van der Waals surface area contributed by atoms with Gasteiger partial charge in [-0.05, 0) is 35.9 Å². The summed E-state index contributed by atoms with van der Waals surface area (Å²) >= 11 is 17.9. The van der Waals surface area contributed by atoms with E-state index in [4.69, 9.17) is 34.8 Å². The third kappa shape index (κ3) is 4.90. The SMILES string of the molecule is CN(Cc1cccc(Cl)c1Cl)C(=O)CN(C)S(=O)(=O)c1ccc(Cl)cc1. The number of carbonyl (C=O) groups is 1. The largest absolute Gasteiger partial charge is 0.340 e. The summed E-state index contributed by atoms with van der Waals surface area (Å²) in [6, 6.07) is 10.9. The van der Waals surface area contributed by atoms with Crippen molar-refractivity contribution in [1.82, 2.24) is 9.21 Å². The van der Waals surface area contributed by atoms with E-state index in [9.17, 15) is 13.2 Å². The van der Waals surface area contributed by atoms with E-state index in [2.05, 4.69) is 0 Å². The lowest BCUT2D eigenvalue weighted by molar-refractivity contribution is -0.130. The molecule has 0 heterocycles. The van der Waals surface area contributed by atoms with Gasteiger partial charge in [0.25, 0.3) is 0 Å². The average Bonchev–Trinajstić information content (AvgIpc) is 2.59. The fourth-order valence-corrected chi connectivity index (χ4v) is 3.82. The van der Waals surface area contributed by atoms with E-state index >= 15 is 0 Å². The van der Waals surface area contributed by atoms with Crippen LogP contribution in [0, 0.1) is 0 Å². The second-order valence-corrected chi connectivity index (χ2v) is 8.94. The quantitative estimate of drug-likeness (QED) is 0.691. The zero-order valence-electron chi connectivity index (χ0n) is 14.1. The molecule has 0 unspecified atom stereocenters. The molecule has 0 saturated heterocycles. The molecule has 9 heteroatoms. The van der Waals surface area contributed by atoms with Crippen LogP contribution in [0.3, 0.4) is 0 Å². The van der Waals surface area contributed by atoms with Gasteiger partial charge in [-0.15, -0.1) is 0 Å². The number of halogens is 3. The first-order valence-electron chi connectivity index (χ1n) is 7.51. The van der Waals surface area contributed by atoms with E-state index in [1.807, 2.05) is 0 Å². The number of nitrogens with zero attached hydrogens (tertiary/aromatic N) is 2. The highest BCUT2D eigenvalue weighted by molar-refractivity contribution is 7.89. The molecule has 0 bridgehead atoms. The number of amides is 1. The minimum atomic E-state index is -3.79. The van der Waals surface area contributed by atoms with Gasteiger partial charge in [-0.1, -0.05) is 46.9 Å². The van der Waals surface area contributed by atoms with Crippen LogP contribution in [0.15, 0.2) is 47.4 Å². The van der Waals surface area contributed by atoms with Crippen molar-refractivity contribution in [2.75, 3.05) is 20.6 Å². The van der Waals surface area contributed by atoms with Crippen molar-refractivity contribution in [2.24, 2.45) is 0 Å². The second kappa shape index (κ2) is 8.59. The molecule has 2 rings (SSSR count). The van der Waals surface area contributed by atoms with Crippen LogP contribution in [0.2, 0.25) is 15.1 Å². The Morgan fingerprint density at radius 1 is 1.00 bits per heavy atom. The van der Waals surface area contributed by atoms with Gasteiger partial charge >= 0.3 is 0 Å². The Kier molecular flexibility index (Phi) is 6.93. The molecule has 0 aliphatic heterocycles. The number of hydrogen-bond acceptors (Lipinski definition) is 3. The van der Waals surface area contributed by atoms with E-state index in [0.717, 1.165) is 4.31 Å². The predicted octanol–water partition coefficient (Wildman–Crippen LogP) is 3.93. The van der Waals surface area contributed by atoms with Crippen LogP contribution in [-0.2, 0) is 21.4 Å². The summed E-state index contributed by atoms with van der Waals surface area (Å²) in [5, 5.41) is 1.20. The lowest BCUT2D eigenvalue weighted by Crippen LogP contribution is -2.39. The number of sulfonamides is 1. The van der Waals surface area contributed by atoms with Crippen molar-refractivity contribution in [1.29, 1.82) is 0 Å². The molecule has 140 valence electrons. The van der Waals surface area contributed by atoms with Crippen LogP contribution in [0.1, 0.15) is 5.56 Å². The smallest absolute Gasteiger partial charge is 0.243 e. The van der Waals surface area contributed by atoms with Crippen molar-refractivity contribution >= 4 is 50.7 Å². The van der Waals surface area contributed by atoms with Gasteiger partial charge < -0.3 is 4.90 Å². The molecule has 2 aromatic carbocycles. The third-order valence-electron chi connectivity index (χ3n) is 3.74. The molecule has 0 aliphatic carbocycles. The number of carbonyl (C=O) groups excluding carboxylic acids is 1. The van der Waals surface area contributed by atoms with Gasteiger partial charge in [0.05, 0.1) is 21.5 Å². The molecule has 0 spiro atoms. The van der Waals surface area contributed by atoms with Gasteiger partial charge in [0.2, 0.25) is 15.9 Å². The Labute approximate surface area is 168 Å². The molecule has 0 aromatic heterocycles. The topological polar surface area (TPSA) is 57.7 Å². The van der Waals surface area contributed by atoms with E-state index in [1.165, 1.54) is 36.2 Å². The Bertz CT molecular complexity index is 902. The van der Waals surface area contributed by atoms with Crippen LogP contribution < -0.4 is 0 Å². The molecule has 5 nitrogen and oxygen atoms in total. The maximum atomic E-state index is 12.5. The summed E-state index contributed by atoms with van der Waals surface area (Å²) in [7, 11) is -0.871. The zero-order valence-corrected chi connectivity index (χ0v) is 17.2. The molecule has 0 atom stereocenters. The van der Waals surface area contributed by atoms with E-state index < -0.39 is 10.0 Å². The first kappa shape index (κ1) is 21.0. The fourth-order valence-electron chi connectivity index (χ4n) is 2.20. The standard InChI is InChI=1S/C17H17Cl3N2O3S/c1-21(10-12-4-3-5-15(19)17(12)20)16(23)11-22(2)26(24,25)14-8-6-13(18)7-9-14/h3-9H,10-11H2,1-2H3. The van der Waals surface area contributed by atoms with E-state index in [0.29, 0.717) is 20.6 Å². The molecule has 0 aliphatic rings. The number of hydrogen-bond donors (Lipinski definition) is 0. The van der Waals surface area contributed by atoms with Crippen LogP contribution in [0.5, 0.6) is 0 Å². The molecule has 1 amide bonds. The van der Waals surface area contributed by atoms with Crippen LogP contribution in [-0.4, -0.2) is 44.2 Å². The van der Waals surface area contributed by atoms with Crippen molar-refractivity contribution in [2.45, 2.75) is 11.4 Å². The Balaban J connectivity index is 2.08. The van der Waals surface area contributed by atoms with E-state index in [1.54, 1.807) is 25.2 Å². The van der Waals surface area contributed by atoms with E-state index in [-0.39, 0.29) is 23.9 Å². The highest BCUT2D eigenvalue weighted by Crippen LogP contribution is 2.26. The molecule has 0 fully saturated rings. The molecule has 0 N–H and O–H groups in total. The van der Waals surface area contributed by atoms with Crippen LogP contribution >= 0.6 is 34.8 Å². The molecule has 2 aromatic rings. The van der Waals surface area contributed by atoms with Crippen LogP contribution in [0.4, 0.5) is 0 Å². The van der Waals surface area contributed by atoms with Gasteiger partial charge in [-0.2, -0.15) is 4.31 Å². The molecule has 26 heavy (non-hydrogen) atoms. The van der Waals surface area contributed by atoms with Crippen molar-refractivity contribution < 1.29 is 13.2 Å². The summed E-state index contributed by atoms with van der Waals surface area (Å²) in [5.41, 5.74) is 0.679. The normalized spacial score (nSPS) is 11.6. The monoisotopic (exact) mass is 434 g/mol. The average molecular weight is 436 g/mol. The lowest BCUT2D eigenvalue weighted by atomic mass is 10.2. The van der Waals surface area contributed by atoms with Gasteiger partial charge in [-0.25, -0.2) is 8.42 Å². The zero-order chi connectivity index (χ0) is 19.5. The van der Waals surface area contributed by atoms with Gasteiger partial charge in [0, 0.05) is 25.7 Å². The van der Waals surface area contributed by atoms with Crippen molar-refractivity contribution in [3.8, 4) is 0 Å². The minimum absolute atomic E-state index is 0.0674. The predicted molar refractivity (Wildman–Crippen MR) is 104 cm³/mol. The summed E-state index contributed by atoms with van der Waals surface area (Å²) in [5.74, 6) is -0.374. The first-order chi connectivity index (χ1) is 12.1. The highest BCUT2D eigenvalue weighted by Gasteiger charge is 2.24.